The summed E-state index contributed by atoms with van der Waals surface area (Å²) in [5, 5.41) is 0.907. The van der Waals surface area contributed by atoms with Crippen LogP contribution in [-0.2, 0) is 11.2 Å². The molecular formula is C18H25BrN2O. The highest BCUT2D eigenvalue weighted by Gasteiger charge is 2.36. The van der Waals surface area contributed by atoms with E-state index in [1.54, 1.807) is 0 Å². The highest BCUT2D eigenvalue weighted by Crippen LogP contribution is 2.29. The minimum absolute atomic E-state index is 0.329. The van der Waals surface area contributed by atoms with E-state index in [1.165, 1.54) is 18.4 Å². The summed E-state index contributed by atoms with van der Waals surface area (Å²) in [4.78, 5) is 17.3. The van der Waals surface area contributed by atoms with E-state index in [-0.39, 0.29) is 0 Å². The van der Waals surface area contributed by atoms with Crippen molar-refractivity contribution in [2.75, 3.05) is 25.0 Å². The number of benzene rings is 1. The van der Waals surface area contributed by atoms with Crippen molar-refractivity contribution in [2.45, 2.75) is 44.2 Å². The van der Waals surface area contributed by atoms with Gasteiger partial charge in [-0.15, -0.1) is 0 Å². The highest BCUT2D eigenvalue weighted by atomic mass is 79.9. The molecule has 1 aliphatic heterocycles. The first-order valence-electron chi connectivity index (χ1n) is 8.41. The molecule has 2 aliphatic rings. The molecule has 1 heterocycles. The minimum Gasteiger partial charge on any atom is -0.337 e. The molecule has 0 bridgehead atoms. The minimum atomic E-state index is 0.329. The number of hydrogen-bond acceptors (Lipinski definition) is 2. The number of carbonyl (C=O) groups excluding carboxylic acids is 1. The first-order valence-corrected chi connectivity index (χ1v) is 9.53. The summed E-state index contributed by atoms with van der Waals surface area (Å²) in [5.74, 6) is 0.329. The summed E-state index contributed by atoms with van der Waals surface area (Å²) >= 11 is 3.43. The molecule has 3 nitrogen and oxygen atoms in total. The molecule has 1 aliphatic carbocycles. The van der Waals surface area contributed by atoms with Gasteiger partial charge in [0, 0.05) is 43.5 Å². The van der Waals surface area contributed by atoms with Gasteiger partial charge >= 0.3 is 0 Å². The predicted molar refractivity (Wildman–Crippen MR) is 93.3 cm³/mol. The largest absolute Gasteiger partial charge is 0.337 e. The molecule has 1 saturated heterocycles. The monoisotopic (exact) mass is 364 g/mol. The smallest absolute Gasteiger partial charge is 0.222 e. The van der Waals surface area contributed by atoms with E-state index in [4.69, 9.17) is 0 Å². The Bertz CT molecular complexity index is 489. The van der Waals surface area contributed by atoms with E-state index in [2.05, 4.69) is 56.1 Å². The van der Waals surface area contributed by atoms with Crippen molar-refractivity contribution in [3.05, 3.63) is 35.9 Å². The summed E-state index contributed by atoms with van der Waals surface area (Å²) in [5.41, 5.74) is 1.34. The van der Waals surface area contributed by atoms with Crippen LogP contribution >= 0.6 is 15.9 Å². The van der Waals surface area contributed by atoms with Crippen molar-refractivity contribution in [1.82, 2.24) is 9.80 Å². The molecule has 0 aromatic heterocycles. The quantitative estimate of drug-likeness (QED) is 0.724. The van der Waals surface area contributed by atoms with Gasteiger partial charge in [-0.2, -0.15) is 0 Å². The van der Waals surface area contributed by atoms with Gasteiger partial charge < -0.3 is 4.90 Å². The van der Waals surface area contributed by atoms with Gasteiger partial charge in [-0.25, -0.2) is 0 Å². The van der Waals surface area contributed by atoms with Gasteiger partial charge in [-0.3, -0.25) is 9.69 Å². The third kappa shape index (κ3) is 4.11. The molecule has 0 radical (unpaired) electrons. The third-order valence-corrected chi connectivity index (χ3v) is 5.30. The summed E-state index contributed by atoms with van der Waals surface area (Å²) in [6.07, 6.45) is 5.26. The number of halogens is 1. The molecule has 4 heteroatoms. The Labute approximate surface area is 141 Å². The normalized spacial score (nSPS) is 22.8. The number of alkyl halides is 1. The van der Waals surface area contributed by atoms with Crippen LogP contribution in [0.15, 0.2) is 30.3 Å². The molecule has 2 fully saturated rings. The molecule has 120 valence electrons. The molecule has 0 spiro atoms. The van der Waals surface area contributed by atoms with Crippen molar-refractivity contribution in [1.29, 1.82) is 0 Å². The van der Waals surface area contributed by atoms with Gasteiger partial charge in [-0.05, 0) is 31.2 Å². The molecule has 1 unspecified atom stereocenters. The number of hydrogen-bond donors (Lipinski definition) is 0. The van der Waals surface area contributed by atoms with E-state index in [1.807, 2.05) is 0 Å². The molecular weight excluding hydrogens is 340 g/mol. The topological polar surface area (TPSA) is 23.6 Å². The van der Waals surface area contributed by atoms with Gasteiger partial charge in [0.2, 0.25) is 5.91 Å². The molecule has 1 saturated carbocycles. The van der Waals surface area contributed by atoms with Crippen LogP contribution in [0.2, 0.25) is 0 Å². The lowest BCUT2D eigenvalue weighted by Crippen LogP contribution is -2.56. The average molecular weight is 365 g/mol. The van der Waals surface area contributed by atoms with Gasteiger partial charge in [0.25, 0.3) is 0 Å². The highest BCUT2D eigenvalue weighted by molar-refractivity contribution is 9.09. The maximum absolute atomic E-state index is 12.5. The van der Waals surface area contributed by atoms with Gasteiger partial charge in [0.05, 0.1) is 0 Å². The Hall–Kier alpha value is -0.870. The summed E-state index contributed by atoms with van der Waals surface area (Å²) in [6, 6.07) is 11.7. The second kappa shape index (κ2) is 7.60. The van der Waals surface area contributed by atoms with Gasteiger partial charge in [0.15, 0.2) is 0 Å². The zero-order chi connectivity index (χ0) is 15.4. The molecule has 22 heavy (non-hydrogen) atoms. The second-order valence-corrected chi connectivity index (χ2v) is 7.24. The molecule has 1 aromatic rings. The van der Waals surface area contributed by atoms with Crippen molar-refractivity contribution < 1.29 is 4.79 Å². The zero-order valence-corrected chi connectivity index (χ0v) is 14.7. The molecule has 1 amide bonds. The number of amides is 1. The SMILES string of the molecule is O=C(CCCBr)N1CCN(C2CC2)CC1Cc1ccccc1. The van der Waals surface area contributed by atoms with E-state index in [0.717, 1.165) is 43.8 Å². The summed E-state index contributed by atoms with van der Waals surface area (Å²) in [7, 11) is 0. The lowest BCUT2D eigenvalue weighted by Gasteiger charge is -2.42. The van der Waals surface area contributed by atoms with Crippen LogP contribution in [0, 0.1) is 0 Å². The maximum atomic E-state index is 12.5. The first kappa shape index (κ1) is 16.0. The molecule has 3 rings (SSSR count). The standard InChI is InChI=1S/C18H25BrN2O/c19-10-4-7-18(22)21-12-11-20(16-8-9-16)14-17(21)13-15-5-2-1-3-6-15/h1-3,5-6,16-17H,4,7-14H2. The maximum Gasteiger partial charge on any atom is 0.222 e. The van der Waals surface area contributed by atoms with Crippen molar-refractivity contribution in [3.8, 4) is 0 Å². The van der Waals surface area contributed by atoms with Crippen LogP contribution in [0.3, 0.4) is 0 Å². The van der Waals surface area contributed by atoms with Crippen LogP contribution in [0.5, 0.6) is 0 Å². The van der Waals surface area contributed by atoms with Crippen LogP contribution in [-0.4, -0.2) is 52.8 Å². The van der Waals surface area contributed by atoms with Crippen LogP contribution < -0.4 is 0 Å². The fraction of sp³-hybridized carbons (Fsp3) is 0.611. The molecule has 1 atom stereocenters. The number of nitrogens with zero attached hydrogens (tertiary/aromatic N) is 2. The summed E-state index contributed by atoms with van der Waals surface area (Å²) in [6.45, 7) is 2.99. The van der Waals surface area contributed by atoms with Gasteiger partial charge in [0.1, 0.15) is 0 Å². The lowest BCUT2D eigenvalue weighted by atomic mass is 10.0. The van der Waals surface area contributed by atoms with E-state index >= 15 is 0 Å². The van der Waals surface area contributed by atoms with Crippen LogP contribution in [0.1, 0.15) is 31.2 Å². The van der Waals surface area contributed by atoms with Crippen LogP contribution in [0.4, 0.5) is 0 Å². The van der Waals surface area contributed by atoms with Crippen molar-refractivity contribution in [3.63, 3.8) is 0 Å². The van der Waals surface area contributed by atoms with E-state index in [9.17, 15) is 4.79 Å². The number of carbonyl (C=O) groups is 1. The summed E-state index contributed by atoms with van der Waals surface area (Å²) < 4.78 is 0. The van der Waals surface area contributed by atoms with Crippen LogP contribution in [0.25, 0.3) is 0 Å². The Kier molecular flexibility index (Phi) is 5.53. The Balaban J connectivity index is 1.67. The van der Waals surface area contributed by atoms with E-state index < -0.39 is 0 Å². The zero-order valence-electron chi connectivity index (χ0n) is 13.1. The Morgan fingerprint density at radius 2 is 1.95 bits per heavy atom. The Morgan fingerprint density at radius 3 is 2.64 bits per heavy atom. The fourth-order valence-electron chi connectivity index (χ4n) is 3.40. The second-order valence-electron chi connectivity index (χ2n) is 6.45. The van der Waals surface area contributed by atoms with Crippen molar-refractivity contribution >= 4 is 21.8 Å². The van der Waals surface area contributed by atoms with Gasteiger partial charge in [-0.1, -0.05) is 46.3 Å². The van der Waals surface area contributed by atoms with Crippen molar-refractivity contribution in [2.24, 2.45) is 0 Å². The Morgan fingerprint density at radius 1 is 1.18 bits per heavy atom. The first-order chi connectivity index (χ1) is 10.8. The molecule has 0 N–H and O–H groups in total. The third-order valence-electron chi connectivity index (χ3n) is 4.74. The fourth-order valence-corrected chi connectivity index (χ4v) is 3.68. The molecule has 1 aromatic carbocycles. The number of rotatable bonds is 6. The predicted octanol–water partition coefficient (Wildman–Crippen LogP) is 3.08. The lowest BCUT2D eigenvalue weighted by molar-refractivity contribution is -0.136. The average Bonchev–Trinajstić information content (AvgIpc) is 3.38. The van der Waals surface area contributed by atoms with E-state index in [0.29, 0.717) is 18.4 Å². The number of piperazine rings is 1.